The largest absolute Gasteiger partial charge is 0.379 e. The van der Waals surface area contributed by atoms with Crippen molar-refractivity contribution < 1.29 is 18.7 Å². The lowest BCUT2D eigenvalue weighted by molar-refractivity contribution is 0.0420. The zero-order valence-electron chi connectivity index (χ0n) is 16.0. The number of hydrogen-bond acceptors (Lipinski definition) is 4. The van der Waals surface area contributed by atoms with Crippen molar-refractivity contribution in [2.24, 2.45) is 4.99 Å². The molecule has 3 N–H and O–H groups in total. The van der Waals surface area contributed by atoms with Crippen molar-refractivity contribution in [2.75, 3.05) is 46.5 Å². The van der Waals surface area contributed by atoms with Crippen LogP contribution >= 0.6 is 0 Å². The summed E-state index contributed by atoms with van der Waals surface area (Å²) in [6.07, 6.45) is 2.07. The van der Waals surface area contributed by atoms with Crippen molar-refractivity contribution in [3.8, 4) is 0 Å². The molecule has 0 aromatic heterocycles. The van der Waals surface area contributed by atoms with Crippen molar-refractivity contribution in [2.45, 2.75) is 25.9 Å². The first-order valence-electron chi connectivity index (χ1n) is 9.28. The van der Waals surface area contributed by atoms with Crippen LogP contribution in [0, 0.1) is 12.7 Å². The summed E-state index contributed by atoms with van der Waals surface area (Å²) in [5.74, 6) is -0.0173. The van der Waals surface area contributed by atoms with Gasteiger partial charge in [-0.15, -0.1) is 0 Å². The van der Waals surface area contributed by atoms with Gasteiger partial charge in [-0.05, 0) is 37.5 Å². The van der Waals surface area contributed by atoms with Gasteiger partial charge in [0, 0.05) is 45.5 Å². The van der Waals surface area contributed by atoms with Crippen molar-refractivity contribution >= 4 is 11.9 Å². The number of hydrogen-bond donors (Lipinski definition) is 3. The van der Waals surface area contributed by atoms with E-state index < -0.39 is 0 Å². The summed E-state index contributed by atoms with van der Waals surface area (Å²) in [6, 6.07) is 4.46. The van der Waals surface area contributed by atoms with Gasteiger partial charge in [-0.1, -0.05) is 6.07 Å². The molecule has 1 heterocycles. The summed E-state index contributed by atoms with van der Waals surface area (Å²) in [6.45, 7) is 5.47. The van der Waals surface area contributed by atoms with Crippen molar-refractivity contribution in [3.05, 3.63) is 35.1 Å². The third-order valence-electron chi connectivity index (χ3n) is 4.22. The Morgan fingerprint density at radius 2 is 2.07 bits per heavy atom. The number of nitrogens with zero attached hydrogens (tertiary/aromatic N) is 1. The number of carbonyl (C=O) groups is 1. The Labute approximate surface area is 159 Å². The maximum Gasteiger partial charge on any atom is 0.251 e. The average Bonchev–Trinajstić information content (AvgIpc) is 3.18. The molecule has 0 radical (unpaired) electrons. The summed E-state index contributed by atoms with van der Waals surface area (Å²) in [5, 5.41) is 9.06. The number of halogens is 1. The third kappa shape index (κ3) is 7.52. The number of amides is 1. The van der Waals surface area contributed by atoms with Gasteiger partial charge in [0.05, 0.1) is 12.7 Å². The molecule has 150 valence electrons. The van der Waals surface area contributed by atoms with Crippen LogP contribution in [0.25, 0.3) is 0 Å². The van der Waals surface area contributed by atoms with E-state index in [0.29, 0.717) is 43.4 Å². The van der Waals surface area contributed by atoms with Gasteiger partial charge >= 0.3 is 0 Å². The first-order valence-corrected chi connectivity index (χ1v) is 9.28. The molecule has 1 atom stereocenters. The van der Waals surface area contributed by atoms with E-state index in [4.69, 9.17) is 9.47 Å². The number of rotatable bonds is 9. The first-order chi connectivity index (χ1) is 13.1. The molecule has 1 saturated heterocycles. The predicted octanol–water partition coefficient (Wildman–Crippen LogP) is 1.22. The summed E-state index contributed by atoms with van der Waals surface area (Å²) < 4.78 is 24.5. The molecular formula is C19H29FN4O3. The fourth-order valence-corrected chi connectivity index (χ4v) is 2.59. The molecule has 27 heavy (non-hydrogen) atoms. The zero-order chi connectivity index (χ0) is 19.5. The van der Waals surface area contributed by atoms with E-state index in [0.717, 1.165) is 26.0 Å². The molecule has 1 aliphatic rings. The molecule has 1 aliphatic heterocycles. The molecule has 0 aliphatic carbocycles. The van der Waals surface area contributed by atoms with Crippen LogP contribution in [0.15, 0.2) is 23.2 Å². The normalized spacial score (nSPS) is 17.0. The van der Waals surface area contributed by atoms with Crippen LogP contribution in [0.5, 0.6) is 0 Å². The van der Waals surface area contributed by atoms with Crippen LogP contribution in [-0.4, -0.2) is 64.5 Å². The Hall–Kier alpha value is -2.19. The Bertz CT molecular complexity index is 633. The molecule has 8 heteroatoms. The summed E-state index contributed by atoms with van der Waals surface area (Å²) in [5.41, 5.74) is 0.832. The second-order valence-electron chi connectivity index (χ2n) is 6.36. The standard InChI is InChI=1S/C19H29FN4O3/c1-14-4-5-15(12-17(14)20)18(25)22-8-9-24-19(21-2)23-7-3-10-27-16-6-11-26-13-16/h4-5,12,16H,3,6-11,13H2,1-2H3,(H,22,25)(H2,21,23,24). The Morgan fingerprint density at radius 1 is 1.30 bits per heavy atom. The summed E-state index contributed by atoms with van der Waals surface area (Å²) in [7, 11) is 1.69. The van der Waals surface area contributed by atoms with Crippen LogP contribution in [0.1, 0.15) is 28.8 Å². The monoisotopic (exact) mass is 380 g/mol. The maximum atomic E-state index is 13.5. The lowest BCUT2D eigenvalue weighted by atomic mass is 10.1. The van der Waals surface area contributed by atoms with Crippen molar-refractivity contribution in [1.82, 2.24) is 16.0 Å². The Balaban J connectivity index is 1.56. The van der Waals surface area contributed by atoms with E-state index in [1.54, 1.807) is 26.1 Å². The van der Waals surface area contributed by atoms with Gasteiger partial charge in [-0.3, -0.25) is 9.79 Å². The molecule has 1 unspecified atom stereocenters. The minimum Gasteiger partial charge on any atom is -0.379 e. The smallest absolute Gasteiger partial charge is 0.251 e. The SMILES string of the molecule is CN=C(NCCCOC1CCOC1)NCCNC(=O)c1ccc(C)c(F)c1. The number of nitrogens with one attached hydrogen (secondary N) is 3. The van der Waals surface area contributed by atoms with Gasteiger partial charge in [-0.2, -0.15) is 0 Å². The number of carbonyl (C=O) groups excluding carboxylic acids is 1. The number of ether oxygens (including phenoxy) is 2. The second-order valence-corrected chi connectivity index (χ2v) is 6.36. The zero-order valence-corrected chi connectivity index (χ0v) is 16.0. The van der Waals surface area contributed by atoms with Gasteiger partial charge in [-0.25, -0.2) is 4.39 Å². The van der Waals surface area contributed by atoms with E-state index in [2.05, 4.69) is 20.9 Å². The van der Waals surface area contributed by atoms with Crippen molar-refractivity contribution in [1.29, 1.82) is 0 Å². The fourth-order valence-electron chi connectivity index (χ4n) is 2.59. The maximum absolute atomic E-state index is 13.5. The highest BCUT2D eigenvalue weighted by atomic mass is 19.1. The van der Waals surface area contributed by atoms with Gasteiger partial charge in [0.1, 0.15) is 5.82 Å². The minimum absolute atomic E-state index is 0.230. The quantitative estimate of drug-likeness (QED) is 0.341. The lowest BCUT2D eigenvalue weighted by Gasteiger charge is -2.13. The molecule has 1 amide bonds. The van der Waals surface area contributed by atoms with E-state index in [9.17, 15) is 9.18 Å². The number of aliphatic imine (C=N–C) groups is 1. The summed E-state index contributed by atoms with van der Waals surface area (Å²) >= 11 is 0. The highest BCUT2D eigenvalue weighted by molar-refractivity contribution is 5.94. The van der Waals surface area contributed by atoms with Crippen LogP contribution < -0.4 is 16.0 Å². The van der Waals surface area contributed by atoms with Crippen LogP contribution in [0.4, 0.5) is 4.39 Å². The molecule has 1 aromatic carbocycles. The molecule has 7 nitrogen and oxygen atoms in total. The molecule has 1 fully saturated rings. The molecule has 1 aromatic rings. The fraction of sp³-hybridized carbons (Fsp3) is 0.579. The molecule has 2 rings (SSSR count). The predicted molar refractivity (Wildman–Crippen MR) is 103 cm³/mol. The van der Waals surface area contributed by atoms with Crippen molar-refractivity contribution in [3.63, 3.8) is 0 Å². The second kappa shape index (κ2) is 11.5. The number of aryl methyl sites for hydroxylation is 1. The van der Waals surface area contributed by atoms with Crippen LogP contribution in [-0.2, 0) is 9.47 Å². The van der Waals surface area contributed by atoms with Crippen LogP contribution in [0.2, 0.25) is 0 Å². The van der Waals surface area contributed by atoms with E-state index in [1.165, 1.54) is 6.07 Å². The number of benzene rings is 1. The molecule has 0 bridgehead atoms. The average molecular weight is 380 g/mol. The highest BCUT2D eigenvalue weighted by Crippen LogP contribution is 2.09. The van der Waals surface area contributed by atoms with Gasteiger partial charge in [0.2, 0.25) is 0 Å². The molecule has 0 saturated carbocycles. The van der Waals surface area contributed by atoms with Crippen LogP contribution in [0.3, 0.4) is 0 Å². The lowest BCUT2D eigenvalue weighted by Crippen LogP contribution is -2.42. The minimum atomic E-state index is -0.380. The van der Waals surface area contributed by atoms with Gasteiger partial charge < -0.3 is 25.4 Å². The third-order valence-corrected chi connectivity index (χ3v) is 4.22. The van der Waals surface area contributed by atoms with Gasteiger partial charge in [0.25, 0.3) is 5.91 Å². The summed E-state index contributed by atoms with van der Waals surface area (Å²) in [4.78, 5) is 16.1. The highest BCUT2D eigenvalue weighted by Gasteiger charge is 2.15. The van der Waals surface area contributed by atoms with E-state index in [-0.39, 0.29) is 17.8 Å². The van der Waals surface area contributed by atoms with E-state index >= 15 is 0 Å². The molecular weight excluding hydrogens is 351 g/mol. The Kier molecular flexibility index (Phi) is 9.00. The Morgan fingerprint density at radius 3 is 2.78 bits per heavy atom. The number of guanidine groups is 1. The first kappa shape index (κ1) is 21.1. The topological polar surface area (TPSA) is 84.0 Å². The van der Waals surface area contributed by atoms with Gasteiger partial charge in [0.15, 0.2) is 5.96 Å². The molecule has 0 spiro atoms. The van der Waals surface area contributed by atoms with E-state index in [1.807, 2.05) is 0 Å².